The molecule has 0 saturated carbocycles. The summed E-state index contributed by atoms with van der Waals surface area (Å²) in [6.07, 6.45) is 5.08. The first-order valence-corrected chi connectivity index (χ1v) is 7.53. The summed E-state index contributed by atoms with van der Waals surface area (Å²) in [4.78, 5) is 8.04. The summed E-state index contributed by atoms with van der Waals surface area (Å²) in [7, 11) is 0. The van der Waals surface area contributed by atoms with Gasteiger partial charge in [0.1, 0.15) is 5.82 Å². The van der Waals surface area contributed by atoms with Gasteiger partial charge in [0.25, 0.3) is 0 Å². The summed E-state index contributed by atoms with van der Waals surface area (Å²) in [6, 6.07) is 19.0. The maximum atomic E-state index is 4.57. The van der Waals surface area contributed by atoms with Crippen molar-refractivity contribution in [1.82, 2.24) is 9.97 Å². The average molecular weight is 294 g/mol. The molecule has 22 heavy (non-hydrogen) atoms. The Balaban J connectivity index is 0.00000176. The summed E-state index contributed by atoms with van der Waals surface area (Å²) in [5.41, 5.74) is 5.04. The lowest BCUT2D eigenvalue weighted by molar-refractivity contribution is 0.824. The predicted octanol–water partition coefficient (Wildman–Crippen LogP) is 3.80. The van der Waals surface area contributed by atoms with E-state index >= 15 is 0 Å². The second kappa shape index (κ2) is 7.57. The van der Waals surface area contributed by atoms with Gasteiger partial charge >= 0.3 is 0 Å². The first-order valence-electron chi connectivity index (χ1n) is 7.53. The molecular formula is C19H22N2O. The highest BCUT2D eigenvalue weighted by molar-refractivity contribution is 5.60. The molecule has 3 heteroatoms. The van der Waals surface area contributed by atoms with E-state index in [1.165, 1.54) is 16.7 Å². The molecular weight excluding hydrogens is 272 g/mol. The third kappa shape index (κ3) is 3.62. The smallest absolute Gasteiger partial charge is 0.137 e. The van der Waals surface area contributed by atoms with Gasteiger partial charge in [-0.25, -0.2) is 4.98 Å². The van der Waals surface area contributed by atoms with Gasteiger partial charge in [-0.15, -0.1) is 0 Å². The number of rotatable bonds is 5. The Morgan fingerprint density at radius 3 is 2.45 bits per heavy atom. The third-order valence-electron chi connectivity index (χ3n) is 3.66. The molecule has 0 atom stereocenters. The van der Waals surface area contributed by atoms with Gasteiger partial charge in [-0.1, -0.05) is 67.9 Å². The van der Waals surface area contributed by atoms with Crippen LogP contribution in [0.4, 0.5) is 0 Å². The minimum Gasteiger partial charge on any atom is -0.412 e. The zero-order chi connectivity index (χ0) is 14.5. The van der Waals surface area contributed by atoms with Crippen LogP contribution in [0, 0.1) is 0 Å². The molecule has 0 spiro atoms. The second-order valence-corrected chi connectivity index (χ2v) is 5.33. The monoisotopic (exact) mass is 294 g/mol. The fraction of sp³-hybridized carbons (Fsp3) is 0.211. The van der Waals surface area contributed by atoms with E-state index in [1.54, 1.807) is 0 Å². The Bertz CT molecular complexity index is 704. The lowest BCUT2D eigenvalue weighted by Gasteiger charge is -2.05. The van der Waals surface area contributed by atoms with E-state index in [9.17, 15) is 0 Å². The lowest BCUT2D eigenvalue weighted by atomic mass is 10.0. The molecule has 1 heterocycles. The predicted molar refractivity (Wildman–Crippen MR) is 90.9 cm³/mol. The zero-order valence-electron chi connectivity index (χ0n) is 12.8. The highest BCUT2D eigenvalue weighted by Crippen LogP contribution is 2.22. The zero-order valence-corrected chi connectivity index (χ0v) is 12.8. The highest BCUT2D eigenvalue weighted by atomic mass is 16.0. The van der Waals surface area contributed by atoms with Crippen molar-refractivity contribution in [3.8, 4) is 11.4 Å². The van der Waals surface area contributed by atoms with Crippen molar-refractivity contribution >= 4 is 0 Å². The Labute approximate surface area is 131 Å². The minimum absolute atomic E-state index is 0. The Morgan fingerprint density at radius 1 is 0.955 bits per heavy atom. The molecule has 0 aliphatic carbocycles. The van der Waals surface area contributed by atoms with Gasteiger partial charge in [0.05, 0.1) is 0 Å². The van der Waals surface area contributed by atoms with E-state index in [0.29, 0.717) is 0 Å². The topological polar surface area (TPSA) is 60.2 Å². The Morgan fingerprint density at radius 2 is 1.68 bits per heavy atom. The van der Waals surface area contributed by atoms with Crippen molar-refractivity contribution in [2.45, 2.75) is 26.2 Å². The number of hydrogen-bond donors (Lipinski definition) is 1. The molecule has 114 valence electrons. The summed E-state index contributed by atoms with van der Waals surface area (Å²) < 4.78 is 0. The molecule has 0 aliphatic rings. The van der Waals surface area contributed by atoms with Gasteiger partial charge in [0, 0.05) is 23.9 Å². The Hall–Kier alpha value is -2.39. The number of H-pyrrole nitrogens is 1. The van der Waals surface area contributed by atoms with Crippen molar-refractivity contribution in [1.29, 1.82) is 0 Å². The first kappa shape index (κ1) is 16.0. The molecule has 0 radical (unpaired) electrons. The molecule has 2 aromatic carbocycles. The van der Waals surface area contributed by atoms with Crippen molar-refractivity contribution < 1.29 is 5.48 Å². The number of benzene rings is 2. The Kier molecular flexibility index (Phi) is 5.50. The van der Waals surface area contributed by atoms with Crippen molar-refractivity contribution in [2.75, 3.05) is 0 Å². The molecule has 1 aromatic heterocycles. The van der Waals surface area contributed by atoms with Gasteiger partial charge in [-0.2, -0.15) is 0 Å². The van der Waals surface area contributed by atoms with Crippen LogP contribution < -0.4 is 0 Å². The van der Waals surface area contributed by atoms with Gasteiger partial charge in [0.15, 0.2) is 0 Å². The first-order chi connectivity index (χ1) is 10.4. The summed E-state index contributed by atoms with van der Waals surface area (Å²) in [5.74, 6) is 0.977. The average Bonchev–Trinajstić information content (AvgIpc) is 2.97. The summed E-state index contributed by atoms with van der Waals surface area (Å²) in [6.45, 7) is 2.21. The molecule has 0 bridgehead atoms. The molecule has 0 aliphatic heterocycles. The van der Waals surface area contributed by atoms with E-state index in [-0.39, 0.29) is 5.48 Å². The number of aromatic nitrogens is 2. The number of nitrogens with one attached hydrogen (secondary N) is 1. The minimum atomic E-state index is 0. The number of aryl methyl sites for hydroxylation is 1. The SMILES string of the molecule is CCCc1ccccc1-c1ncc(Cc2ccccc2)[nH]1.O. The summed E-state index contributed by atoms with van der Waals surface area (Å²) in [5, 5.41) is 0. The van der Waals surface area contributed by atoms with Crippen LogP contribution in [-0.4, -0.2) is 15.4 Å². The second-order valence-electron chi connectivity index (χ2n) is 5.33. The van der Waals surface area contributed by atoms with E-state index < -0.39 is 0 Å². The van der Waals surface area contributed by atoms with E-state index in [4.69, 9.17) is 0 Å². The van der Waals surface area contributed by atoms with Crippen molar-refractivity contribution in [3.63, 3.8) is 0 Å². The van der Waals surface area contributed by atoms with Crippen LogP contribution in [0.1, 0.15) is 30.2 Å². The van der Waals surface area contributed by atoms with E-state index in [1.807, 2.05) is 12.3 Å². The summed E-state index contributed by atoms with van der Waals surface area (Å²) >= 11 is 0. The van der Waals surface area contributed by atoms with E-state index in [0.717, 1.165) is 30.8 Å². The number of aromatic amines is 1. The molecule has 0 saturated heterocycles. The quantitative estimate of drug-likeness (QED) is 0.764. The van der Waals surface area contributed by atoms with Crippen LogP contribution in [0.2, 0.25) is 0 Å². The number of hydrogen-bond acceptors (Lipinski definition) is 1. The van der Waals surface area contributed by atoms with Crippen LogP contribution in [0.25, 0.3) is 11.4 Å². The lowest BCUT2D eigenvalue weighted by Crippen LogP contribution is -1.91. The van der Waals surface area contributed by atoms with Gasteiger partial charge in [-0.3, -0.25) is 0 Å². The standard InChI is InChI=1S/C19H20N2.H2O/c1-2-8-16-11-6-7-12-18(16)19-20-14-17(21-19)13-15-9-4-3-5-10-15;/h3-7,9-12,14H,2,8,13H2,1H3,(H,20,21);1H2. The van der Waals surface area contributed by atoms with Crippen LogP contribution >= 0.6 is 0 Å². The maximum absolute atomic E-state index is 4.57. The molecule has 3 rings (SSSR count). The van der Waals surface area contributed by atoms with Gasteiger partial charge in [-0.05, 0) is 17.5 Å². The molecule has 3 aromatic rings. The largest absolute Gasteiger partial charge is 0.412 e. The van der Waals surface area contributed by atoms with Crippen molar-refractivity contribution in [2.24, 2.45) is 0 Å². The van der Waals surface area contributed by atoms with Crippen LogP contribution in [0.5, 0.6) is 0 Å². The molecule has 0 unspecified atom stereocenters. The normalized spacial score (nSPS) is 10.2. The maximum Gasteiger partial charge on any atom is 0.137 e. The fourth-order valence-corrected chi connectivity index (χ4v) is 2.64. The van der Waals surface area contributed by atoms with Crippen LogP contribution in [0.15, 0.2) is 60.8 Å². The molecule has 3 N–H and O–H groups in total. The fourth-order valence-electron chi connectivity index (χ4n) is 2.64. The highest BCUT2D eigenvalue weighted by Gasteiger charge is 2.08. The van der Waals surface area contributed by atoms with E-state index in [2.05, 4.69) is 65.4 Å². The third-order valence-corrected chi connectivity index (χ3v) is 3.66. The van der Waals surface area contributed by atoms with Crippen LogP contribution in [0.3, 0.4) is 0 Å². The van der Waals surface area contributed by atoms with Gasteiger partial charge < -0.3 is 10.5 Å². The molecule has 0 fully saturated rings. The number of nitrogens with zero attached hydrogens (tertiary/aromatic N) is 1. The van der Waals surface area contributed by atoms with Gasteiger partial charge in [0.2, 0.25) is 0 Å². The van der Waals surface area contributed by atoms with Crippen molar-refractivity contribution in [3.05, 3.63) is 77.6 Å². The number of imidazole rings is 1. The van der Waals surface area contributed by atoms with Crippen LogP contribution in [-0.2, 0) is 12.8 Å². The molecule has 3 nitrogen and oxygen atoms in total. The molecule has 0 amide bonds.